The number of Topliss-reactive ketones (excluding diaryl/α,β-unsaturated/α-hetero) is 2. The van der Waals surface area contributed by atoms with Crippen LogP contribution < -0.4 is 0 Å². The first-order valence-electron chi connectivity index (χ1n) is 8.08. The van der Waals surface area contributed by atoms with Gasteiger partial charge in [-0.05, 0) is 46.2 Å². The summed E-state index contributed by atoms with van der Waals surface area (Å²) in [6.45, 7) is 8.63. The van der Waals surface area contributed by atoms with Crippen molar-refractivity contribution in [3.05, 3.63) is 40.6 Å². The molecule has 8 heteroatoms. The second-order valence-corrected chi connectivity index (χ2v) is 7.36. The van der Waals surface area contributed by atoms with Crippen LogP contribution in [0.2, 0.25) is 0 Å². The standard InChI is InChI=1S/C18H19N3O4S/c1-8-14(10(3)22)9(2)19-15(8)16(23)12(5)26-18-21-20-17(25-18)13-6-7-24-11(13)4/h6-7,12,19H,1-5H3. The fourth-order valence-electron chi connectivity index (χ4n) is 2.91. The lowest BCUT2D eigenvalue weighted by Gasteiger charge is -2.07. The van der Waals surface area contributed by atoms with Gasteiger partial charge in [0.1, 0.15) is 5.76 Å². The van der Waals surface area contributed by atoms with Crippen molar-refractivity contribution >= 4 is 23.3 Å². The zero-order valence-electron chi connectivity index (χ0n) is 15.2. The molecule has 0 saturated heterocycles. The molecule has 0 fully saturated rings. The average molecular weight is 373 g/mol. The van der Waals surface area contributed by atoms with Crippen LogP contribution in [0, 0.1) is 20.8 Å². The zero-order chi connectivity index (χ0) is 19.0. The van der Waals surface area contributed by atoms with E-state index in [9.17, 15) is 9.59 Å². The van der Waals surface area contributed by atoms with Crippen LogP contribution in [0.25, 0.3) is 11.5 Å². The SMILES string of the molecule is CC(=O)c1c(C)[nH]c(C(=O)C(C)Sc2nnc(-c3ccoc3C)o2)c1C. The third-order valence-electron chi connectivity index (χ3n) is 4.18. The van der Waals surface area contributed by atoms with Crippen LogP contribution in [0.3, 0.4) is 0 Å². The molecule has 0 radical (unpaired) electrons. The van der Waals surface area contributed by atoms with E-state index in [2.05, 4.69) is 15.2 Å². The summed E-state index contributed by atoms with van der Waals surface area (Å²) < 4.78 is 10.9. The Labute approximate surface area is 154 Å². The highest BCUT2D eigenvalue weighted by Gasteiger charge is 2.26. The Kier molecular flexibility index (Phi) is 4.86. The van der Waals surface area contributed by atoms with Gasteiger partial charge in [-0.1, -0.05) is 11.8 Å². The Morgan fingerprint density at radius 3 is 2.54 bits per heavy atom. The summed E-state index contributed by atoms with van der Waals surface area (Å²) in [5.41, 5.74) is 3.11. The topological polar surface area (TPSA) is 102 Å². The molecule has 3 aromatic rings. The van der Waals surface area contributed by atoms with Crippen molar-refractivity contribution in [2.75, 3.05) is 0 Å². The highest BCUT2D eigenvalue weighted by Crippen LogP contribution is 2.30. The number of hydrogen-bond acceptors (Lipinski definition) is 7. The van der Waals surface area contributed by atoms with E-state index < -0.39 is 5.25 Å². The van der Waals surface area contributed by atoms with Gasteiger partial charge in [0, 0.05) is 11.3 Å². The summed E-state index contributed by atoms with van der Waals surface area (Å²) in [5.74, 6) is 0.850. The number of furan rings is 1. The number of nitrogens with zero attached hydrogens (tertiary/aromatic N) is 2. The predicted octanol–water partition coefficient (Wildman–Crippen LogP) is 4.15. The molecule has 1 atom stereocenters. The second-order valence-electron chi connectivity index (χ2n) is 6.07. The van der Waals surface area contributed by atoms with Crippen molar-refractivity contribution in [2.45, 2.75) is 45.1 Å². The quantitative estimate of drug-likeness (QED) is 0.511. The molecule has 1 unspecified atom stereocenters. The maximum atomic E-state index is 12.8. The molecule has 0 aromatic carbocycles. The van der Waals surface area contributed by atoms with Crippen molar-refractivity contribution in [3.63, 3.8) is 0 Å². The van der Waals surface area contributed by atoms with Gasteiger partial charge >= 0.3 is 0 Å². The average Bonchev–Trinajstić information content (AvgIpc) is 3.26. The predicted molar refractivity (Wildman–Crippen MR) is 96.7 cm³/mol. The van der Waals surface area contributed by atoms with Crippen molar-refractivity contribution in [2.24, 2.45) is 0 Å². The maximum Gasteiger partial charge on any atom is 0.277 e. The molecule has 0 aliphatic heterocycles. The minimum Gasteiger partial charge on any atom is -0.469 e. The first-order valence-corrected chi connectivity index (χ1v) is 8.96. The molecule has 0 amide bonds. The van der Waals surface area contributed by atoms with Crippen molar-refractivity contribution in [1.82, 2.24) is 15.2 Å². The van der Waals surface area contributed by atoms with E-state index in [0.717, 1.165) is 5.56 Å². The number of ketones is 2. The monoisotopic (exact) mass is 373 g/mol. The molecule has 0 bridgehead atoms. The van der Waals surface area contributed by atoms with Crippen LogP contribution in [0.15, 0.2) is 26.4 Å². The van der Waals surface area contributed by atoms with Crippen LogP contribution in [0.4, 0.5) is 0 Å². The molecule has 3 heterocycles. The van der Waals surface area contributed by atoms with E-state index >= 15 is 0 Å². The number of hydrogen-bond donors (Lipinski definition) is 1. The Morgan fingerprint density at radius 2 is 1.96 bits per heavy atom. The minimum absolute atomic E-state index is 0.0624. The number of thioether (sulfide) groups is 1. The molecule has 26 heavy (non-hydrogen) atoms. The van der Waals surface area contributed by atoms with E-state index in [-0.39, 0.29) is 11.6 Å². The van der Waals surface area contributed by atoms with Crippen LogP contribution in [0.1, 0.15) is 51.7 Å². The summed E-state index contributed by atoms with van der Waals surface area (Å²) in [6, 6.07) is 1.75. The second kappa shape index (κ2) is 6.95. The highest BCUT2D eigenvalue weighted by molar-refractivity contribution is 8.00. The smallest absolute Gasteiger partial charge is 0.277 e. The lowest BCUT2D eigenvalue weighted by atomic mass is 10.0. The number of aromatic amines is 1. The molecule has 0 spiro atoms. The molecule has 1 N–H and O–H groups in total. The third-order valence-corrected chi connectivity index (χ3v) is 5.11. The molecule has 0 aliphatic carbocycles. The van der Waals surface area contributed by atoms with E-state index in [1.54, 1.807) is 40.0 Å². The molecule has 0 saturated carbocycles. The van der Waals surface area contributed by atoms with E-state index in [4.69, 9.17) is 8.83 Å². The van der Waals surface area contributed by atoms with Crippen LogP contribution in [-0.4, -0.2) is 32.0 Å². The summed E-state index contributed by atoms with van der Waals surface area (Å²) in [4.78, 5) is 27.6. The Hall–Kier alpha value is -2.61. The molecular weight excluding hydrogens is 354 g/mol. The fraction of sp³-hybridized carbons (Fsp3) is 0.333. The zero-order valence-corrected chi connectivity index (χ0v) is 16.0. The van der Waals surface area contributed by atoms with Gasteiger partial charge in [-0.2, -0.15) is 0 Å². The van der Waals surface area contributed by atoms with E-state index in [1.807, 2.05) is 0 Å². The van der Waals surface area contributed by atoms with Gasteiger partial charge in [-0.3, -0.25) is 9.59 Å². The molecule has 136 valence electrons. The number of rotatable bonds is 6. The number of carbonyl (C=O) groups excluding carboxylic acids is 2. The summed E-state index contributed by atoms with van der Waals surface area (Å²) in [5, 5.41) is 7.84. The number of nitrogens with one attached hydrogen (secondary N) is 1. The van der Waals surface area contributed by atoms with Crippen LogP contribution >= 0.6 is 11.8 Å². The Balaban J connectivity index is 1.79. The van der Waals surface area contributed by atoms with Gasteiger partial charge < -0.3 is 13.8 Å². The summed E-state index contributed by atoms with van der Waals surface area (Å²) >= 11 is 1.18. The van der Waals surface area contributed by atoms with Crippen LogP contribution in [0.5, 0.6) is 0 Å². The fourth-order valence-corrected chi connectivity index (χ4v) is 3.65. The Bertz CT molecular complexity index is 983. The third kappa shape index (κ3) is 3.24. The first-order chi connectivity index (χ1) is 12.3. The molecule has 3 aromatic heterocycles. The van der Waals surface area contributed by atoms with Gasteiger partial charge in [0.25, 0.3) is 11.1 Å². The van der Waals surface area contributed by atoms with E-state index in [0.29, 0.717) is 39.4 Å². The number of aryl methyl sites for hydroxylation is 2. The normalized spacial score (nSPS) is 12.3. The molecule has 7 nitrogen and oxygen atoms in total. The van der Waals surface area contributed by atoms with Gasteiger partial charge in [0.05, 0.1) is 22.8 Å². The molecule has 0 aliphatic rings. The lowest BCUT2D eigenvalue weighted by Crippen LogP contribution is -2.15. The van der Waals surface area contributed by atoms with Crippen molar-refractivity contribution in [3.8, 4) is 11.5 Å². The lowest BCUT2D eigenvalue weighted by molar-refractivity contribution is 0.0988. The van der Waals surface area contributed by atoms with Gasteiger partial charge in [0.2, 0.25) is 0 Å². The highest BCUT2D eigenvalue weighted by atomic mass is 32.2. The van der Waals surface area contributed by atoms with E-state index in [1.165, 1.54) is 18.7 Å². The van der Waals surface area contributed by atoms with Crippen LogP contribution in [-0.2, 0) is 0 Å². The number of H-pyrrole nitrogens is 1. The largest absolute Gasteiger partial charge is 0.469 e. The number of aromatic nitrogens is 3. The molecule has 3 rings (SSSR count). The first kappa shape index (κ1) is 18.2. The summed E-state index contributed by atoms with van der Waals surface area (Å²) in [7, 11) is 0. The molecular formula is C18H19N3O4S. The van der Waals surface area contributed by atoms with Gasteiger partial charge in [-0.15, -0.1) is 10.2 Å². The van der Waals surface area contributed by atoms with Gasteiger partial charge in [0.15, 0.2) is 11.6 Å². The van der Waals surface area contributed by atoms with Crippen molar-refractivity contribution < 1.29 is 18.4 Å². The summed E-state index contributed by atoms with van der Waals surface area (Å²) in [6.07, 6.45) is 1.55. The number of carbonyl (C=O) groups is 2. The Morgan fingerprint density at radius 1 is 1.23 bits per heavy atom. The minimum atomic E-state index is -0.453. The maximum absolute atomic E-state index is 12.8. The van der Waals surface area contributed by atoms with Crippen molar-refractivity contribution in [1.29, 1.82) is 0 Å². The van der Waals surface area contributed by atoms with Gasteiger partial charge in [-0.25, -0.2) is 0 Å².